The molecule has 2 aromatic rings. The number of benzene rings is 1. The molecule has 2 N–H and O–H groups in total. The van der Waals surface area contributed by atoms with Gasteiger partial charge in [-0.2, -0.15) is 0 Å². The number of carbonyl (C=O) groups is 1. The highest BCUT2D eigenvalue weighted by Gasteiger charge is 2.39. The Labute approximate surface area is 159 Å². The lowest BCUT2D eigenvalue weighted by Crippen LogP contribution is -2.41. The van der Waals surface area contributed by atoms with Crippen LogP contribution in [0.1, 0.15) is 64.8 Å². The summed E-state index contributed by atoms with van der Waals surface area (Å²) in [6.07, 6.45) is 5.70. The van der Waals surface area contributed by atoms with Crippen LogP contribution in [0.25, 0.3) is 0 Å². The van der Waals surface area contributed by atoms with E-state index in [1.54, 1.807) is 0 Å². The first-order valence-corrected chi connectivity index (χ1v) is 10.1. The van der Waals surface area contributed by atoms with Crippen molar-refractivity contribution in [1.29, 1.82) is 0 Å². The Balaban J connectivity index is 1.77. The number of amides is 1. The van der Waals surface area contributed by atoms with Gasteiger partial charge in [0.2, 0.25) is 0 Å². The predicted octanol–water partition coefficient (Wildman–Crippen LogP) is 5.41. The molecule has 1 aliphatic heterocycles. The molecule has 3 nitrogen and oxygen atoms in total. The van der Waals surface area contributed by atoms with E-state index in [1.165, 1.54) is 15.3 Å². The van der Waals surface area contributed by atoms with E-state index in [2.05, 4.69) is 47.9 Å². The van der Waals surface area contributed by atoms with Gasteiger partial charge in [-0.3, -0.25) is 4.79 Å². The molecule has 0 saturated carbocycles. The lowest BCUT2D eigenvalue weighted by molar-refractivity contribution is 0.0920. The molecule has 136 valence electrons. The van der Waals surface area contributed by atoms with Gasteiger partial charge in [0.05, 0.1) is 17.3 Å². The summed E-state index contributed by atoms with van der Waals surface area (Å²) in [6, 6.07) is 10.8. The molecule has 1 aromatic heterocycles. The number of fused-ring (bicyclic) bond motifs is 3. The largest absolute Gasteiger partial charge is 0.376 e. The van der Waals surface area contributed by atoms with E-state index >= 15 is 0 Å². The molecule has 0 spiro atoms. The molecule has 0 fully saturated rings. The van der Waals surface area contributed by atoms with Gasteiger partial charge in [-0.05, 0) is 63.8 Å². The summed E-state index contributed by atoms with van der Waals surface area (Å²) >= 11 is 1.85. The number of hydrogen-bond donors (Lipinski definition) is 2. The Morgan fingerprint density at radius 1 is 1.23 bits per heavy atom. The number of rotatable bonds is 2. The topological polar surface area (TPSA) is 41.1 Å². The number of carbonyl (C=O) groups excluding carboxylic acids is 1. The third-order valence-corrected chi connectivity index (χ3v) is 6.28. The summed E-state index contributed by atoms with van der Waals surface area (Å²) in [4.78, 5) is 15.6. The average molecular weight is 367 g/mol. The number of anilines is 1. The minimum atomic E-state index is -0.255. The molecule has 1 amide bonds. The number of allylic oxidation sites excluding steroid dienone is 2. The third-order valence-electron chi connectivity index (χ3n) is 5.20. The van der Waals surface area contributed by atoms with Crippen molar-refractivity contribution < 1.29 is 4.79 Å². The smallest absolute Gasteiger partial charge is 0.253 e. The summed E-state index contributed by atoms with van der Waals surface area (Å²) < 4.78 is 0. The zero-order chi connectivity index (χ0) is 18.5. The van der Waals surface area contributed by atoms with Crippen molar-refractivity contribution in [2.45, 2.75) is 51.6 Å². The van der Waals surface area contributed by atoms with Gasteiger partial charge in [0.25, 0.3) is 5.91 Å². The number of para-hydroxylation sites is 1. The van der Waals surface area contributed by atoms with Crippen LogP contribution in [0.15, 0.2) is 42.5 Å². The fraction of sp³-hybridized carbons (Fsp3) is 0.409. The first-order chi connectivity index (χ1) is 12.3. The van der Waals surface area contributed by atoms with Crippen LogP contribution in [0.5, 0.6) is 0 Å². The molecule has 26 heavy (non-hydrogen) atoms. The molecule has 1 aliphatic carbocycles. The SMILES string of the molecule is Cc1ccc(C2Nc3c(C(=O)NC(C)(C)C)cccc3C3C=CCC32)s1. The van der Waals surface area contributed by atoms with Crippen molar-refractivity contribution >= 4 is 22.9 Å². The predicted molar refractivity (Wildman–Crippen MR) is 109 cm³/mol. The van der Waals surface area contributed by atoms with Crippen LogP contribution < -0.4 is 10.6 Å². The zero-order valence-electron chi connectivity index (χ0n) is 15.8. The van der Waals surface area contributed by atoms with Gasteiger partial charge in [0.15, 0.2) is 0 Å². The van der Waals surface area contributed by atoms with Crippen molar-refractivity contribution in [2.24, 2.45) is 5.92 Å². The van der Waals surface area contributed by atoms with Crippen molar-refractivity contribution in [1.82, 2.24) is 5.32 Å². The number of hydrogen-bond acceptors (Lipinski definition) is 3. The molecule has 3 atom stereocenters. The van der Waals surface area contributed by atoms with Gasteiger partial charge < -0.3 is 10.6 Å². The first kappa shape index (κ1) is 17.3. The number of nitrogens with one attached hydrogen (secondary N) is 2. The van der Waals surface area contributed by atoms with Crippen LogP contribution in [-0.4, -0.2) is 11.4 Å². The fourth-order valence-corrected chi connectivity index (χ4v) is 5.13. The Morgan fingerprint density at radius 3 is 2.73 bits per heavy atom. The lowest BCUT2D eigenvalue weighted by atomic mass is 9.78. The van der Waals surface area contributed by atoms with Gasteiger partial charge in [-0.15, -0.1) is 11.3 Å². The second-order valence-corrected chi connectivity index (χ2v) is 9.72. The minimum absolute atomic E-state index is 0.0108. The van der Waals surface area contributed by atoms with Gasteiger partial charge in [0, 0.05) is 21.2 Å². The maximum absolute atomic E-state index is 12.9. The van der Waals surface area contributed by atoms with Crippen molar-refractivity contribution in [2.75, 3.05) is 5.32 Å². The van der Waals surface area contributed by atoms with E-state index in [0.717, 1.165) is 17.7 Å². The normalized spacial score (nSPS) is 23.9. The Hall–Kier alpha value is -2.07. The highest BCUT2D eigenvalue weighted by molar-refractivity contribution is 7.12. The summed E-state index contributed by atoms with van der Waals surface area (Å²) in [5.74, 6) is 0.880. The van der Waals surface area contributed by atoms with E-state index in [0.29, 0.717) is 11.8 Å². The van der Waals surface area contributed by atoms with E-state index in [1.807, 2.05) is 44.2 Å². The molecule has 4 rings (SSSR count). The van der Waals surface area contributed by atoms with E-state index in [9.17, 15) is 4.79 Å². The number of thiophene rings is 1. The van der Waals surface area contributed by atoms with E-state index < -0.39 is 0 Å². The van der Waals surface area contributed by atoms with Gasteiger partial charge in [0.1, 0.15) is 0 Å². The van der Waals surface area contributed by atoms with Crippen LogP contribution in [0.4, 0.5) is 5.69 Å². The van der Waals surface area contributed by atoms with Gasteiger partial charge in [-0.1, -0.05) is 24.3 Å². The molecule has 4 heteroatoms. The first-order valence-electron chi connectivity index (χ1n) is 9.28. The van der Waals surface area contributed by atoms with Crippen LogP contribution in [0, 0.1) is 12.8 Å². The van der Waals surface area contributed by atoms with Crippen LogP contribution in [0.2, 0.25) is 0 Å². The molecule has 0 saturated heterocycles. The summed E-state index contributed by atoms with van der Waals surface area (Å²) in [5, 5.41) is 6.85. The summed E-state index contributed by atoms with van der Waals surface area (Å²) in [7, 11) is 0. The molecule has 1 aromatic carbocycles. The van der Waals surface area contributed by atoms with Crippen LogP contribution in [0.3, 0.4) is 0 Å². The minimum Gasteiger partial charge on any atom is -0.376 e. The lowest BCUT2D eigenvalue weighted by Gasteiger charge is -2.38. The van der Waals surface area contributed by atoms with Crippen molar-refractivity contribution in [3.63, 3.8) is 0 Å². The van der Waals surface area contributed by atoms with Gasteiger partial charge in [-0.25, -0.2) is 0 Å². The van der Waals surface area contributed by atoms with E-state index in [-0.39, 0.29) is 17.5 Å². The fourth-order valence-electron chi connectivity index (χ4n) is 4.12. The van der Waals surface area contributed by atoms with E-state index in [4.69, 9.17) is 0 Å². The zero-order valence-corrected chi connectivity index (χ0v) is 16.6. The highest BCUT2D eigenvalue weighted by atomic mass is 32.1. The van der Waals surface area contributed by atoms with Crippen LogP contribution in [-0.2, 0) is 0 Å². The maximum Gasteiger partial charge on any atom is 0.253 e. The average Bonchev–Trinajstić information content (AvgIpc) is 3.21. The van der Waals surface area contributed by atoms with Gasteiger partial charge >= 0.3 is 0 Å². The molecular formula is C22H26N2OS. The second-order valence-electron chi connectivity index (χ2n) is 8.40. The molecule has 3 unspecified atom stereocenters. The molecule has 0 radical (unpaired) electrons. The van der Waals surface area contributed by atoms with Crippen molar-refractivity contribution in [3.8, 4) is 0 Å². The second kappa shape index (κ2) is 6.27. The molecule has 0 bridgehead atoms. The monoisotopic (exact) mass is 366 g/mol. The van der Waals surface area contributed by atoms with Crippen LogP contribution >= 0.6 is 11.3 Å². The number of aryl methyl sites for hydroxylation is 1. The molecule has 2 aliphatic rings. The Morgan fingerprint density at radius 2 is 2.04 bits per heavy atom. The van der Waals surface area contributed by atoms with Crippen molar-refractivity contribution in [3.05, 3.63) is 63.4 Å². The third kappa shape index (κ3) is 3.07. The maximum atomic E-state index is 12.9. The summed E-state index contributed by atoms with van der Waals surface area (Å²) in [5.41, 5.74) is 2.73. The molecular weight excluding hydrogens is 340 g/mol. The Kier molecular flexibility index (Phi) is 4.19. The summed E-state index contributed by atoms with van der Waals surface area (Å²) in [6.45, 7) is 8.19. The Bertz CT molecular complexity index is 875. The molecule has 2 heterocycles. The standard InChI is InChI=1S/C22H26N2OS/c1-13-11-12-18(26-13)20-16-9-5-7-14(16)15-8-6-10-17(19(15)23-20)21(25)24-22(2,3)4/h5-8,10-12,14,16,20,23H,9H2,1-4H3,(H,24,25). The highest BCUT2D eigenvalue weighted by Crippen LogP contribution is 2.51. The quantitative estimate of drug-likeness (QED) is 0.698.